The van der Waals surface area contributed by atoms with Gasteiger partial charge in [0.2, 0.25) is 0 Å². The Labute approximate surface area is 123 Å². The van der Waals surface area contributed by atoms with E-state index in [1.807, 2.05) is 19.1 Å². The number of rotatable bonds is 4. The average Bonchev–Trinajstić information content (AvgIpc) is 2.94. The molecule has 21 heavy (non-hydrogen) atoms. The lowest BCUT2D eigenvalue weighted by Crippen LogP contribution is -2.54. The van der Waals surface area contributed by atoms with Crippen LogP contribution in [0.25, 0.3) is 5.65 Å². The van der Waals surface area contributed by atoms with Crippen molar-refractivity contribution in [2.24, 2.45) is 0 Å². The molecule has 2 atom stereocenters. The van der Waals surface area contributed by atoms with Crippen molar-refractivity contribution in [3.05, 3.63) is 12.1 Å². The summed E-state index contributed by atoms with van der Waals surface area (Å²) in [5.41, 5.74) is 0.651. The Morgan fingerprint density at radius 1 is 1.38 bits per heavy atom. The topological polar surface area (TPSA) is 82.7 Å². The summed E-state index contributed by atoms with van der Waals surface area (Å²) in [7, 11) is 0. The molecule has 0 spiro atoms. The number of anilines is 1. The van der Waals surface area contributed by atoms with Gasteiger partial charge in [0, 0.05) is 32.2 Å². The Hall–Kier alpha value is -1.80. The molecule has 0 radical (unpaired) electrons. The summed E-state index contributed by atoms with van der Waals surface area (Å²) in [6, 6.07) is 4.27. The van der Waals surface area contributed by atoms with Gasteiger partial charge in [-0.1, -0.05) is 6.92 Å². The van der Waals surface area contributed by atoms with Crippen LogP contribution in [-0.4, -0.2) is 73.6 Å². The quantitative estimate of drug-likeness (QED) is 0.835. The number of piperazine rings is 1. The van der Waals surface area contributed by atoms with E-state index >= 15 is 0 Å². The summed E-state index contributed by atoms with van der Waals surface area (Å²) in [6.07, 6.45) is 0.761. The zero-order chi connectivity index (χ0) is 14.8. The summed E-state index contributed by atoms with van der Waals surface area (Å²) in [5, 5.41) is 25.4. The molecular weight excluding hydrogens is 270 g/mol. The maximum Gasteiger partial charge on any atom is 0.200 e. The van der Waals surface area contributed by atoms with Crippen molar-refractivity contribution in [3.63, 3.8) is 0 Å². The molecule has 1 aliphatic rings. The van der Waals surface area contributed by atoms with Crippen LogP contribution in [0, 0.1) is 0 Å². The van der Waals surface area contributed by atoms with E-state index < -0.39 is 0 Å². The van der Waals surface area contributed by atoms with Gasteiger partial charge in [0.25, 0.3) is 0 Å². The maximum absolute atomic E-state index is 9.60. The van der Waals surface area contributed by atoms with Crippen LogP contribution in [0.1, 0.15) is 20.3 Å². The molecule has 0 bridgehead atoms. The van der Waals surface area contributed by atoms with Gasteiger partial charge >= 0.3 is 0 Å². The lowest BCUT2D eigenvalue weighted by Gasteiger charge is -2.42. The Bertz CT molecular complexity index is 599. The smallest absolute Gasteiger partial charge is 0.200 e. The molecule has 2 aromatic rings. The monoisotopic (exact) mass is 291 g/mol. The molecule has 3 rings (SSSR count). The van der Waals surface area contributed by atoms with Crippen LogP contribution in [0.5, 0.6) is 0 Å². The molecule has 0 aliphatic carbocycles. The summed E-state index contributed by atoms with van der Waals surface area (Å²) in [6.45, 7) is 7.48. The van der Waals surface area contributed by atoms with Crippen LogP contribution in [0.3, 0.4) is 0 Å². The van der Waals surface area contributed by atoms with Crippen molar-refractivity contribution >= 4 is 11.5 Å². The number of fused-ring (bicyclic) bond motifs is 1. The second-order valence-electron chi connectivity index (χ2n) is 5.57. The van der Waals surface area contributed by atoms with Gasteiger partial charge in [0.15, 0.2) is 11.5 Å². The average molecular weight is 291 g/mol. The van der Waals surface area contributed by atoms with Gasteiger partial charge in [0.05, 0.1) is 6.10 Å². The molecule has 114 valence electrons. The minimum absolute atomic E-state index is 0.290. The zero-order valence-electron chi connectivity index (χ0n) is 12.4. The first-order valence-electron chi connectivity index (χ1n) is 7.40. The van der Waals surface area contributed by atoms with E-state index in [-0.39, 0.29) is 6.10 Å². The maximum atomic E-state index is 9.60. The lowest BCUT2D eigenvalue weighted by molar-refractivity contribution is 0.0884. The van der Waals surface area contributed by atoms with Crippen molar-refractivity contribution in [3.8, 4) is 0 Å². The van der Waals surface area contributed by atoms with Crippen LogP contribution >= 0.6 is 0 Å². The van der Waals surface area contributed by atoms with Gasteiger partial charge in [-0.25, -0.2) is 0 Å². The Morgan fingerprint density at radius 2 is 2.24 bits per heavy atom. The van der Waals surface area contributed by atoms with Crippen molar-refractivity contribution in [2.75, 3.05) is 31.1 Å². The first-order valence-corrected chi connectivity index (χ1v) is 7.40. The van der Waals surface area contributed by atoms with E-state index in [1.165, 1.54) is 4.63 Å². The third kappa shape index (κ3) is 2.96. The van der Waals surface area contributed by atoms with E-state index in [1.54, 1.807) is 0 Å². The molecule has 1 N–H and O–H groups in total. The molecule has 8 heteroatoms. The Kier molecular flexibility index (Phi) is 3.98. The largest absolute Gasteiger partial charge is 0.392 e. The van der Waals surface area contributed by atoms with Crippen LogP contribution < -0.4 is 4.90 Å². The highest BCUT2D eigenvalue weighted by molar-refractivity contribution is 5.44. The first-order chi connectivity index (χ1) is 10.2. The molecule has 1 saturated heterocycles. The zero-order valence-corrected chi connectivity index (χ0v) is 12.4. The normalized spacial score (nSPS) is 21.9. The molecule has 0 saturated carbocycles. The molecule has 0 amide bonds. The summed E-state index contributed by atoms with van der Waals surface area (Å²) in [4.78, 5) is 4.62. The van der Waals surface area contributed by atoms with Crippen LogP contribution in [0.15, 0.2) is 12.1 Å². The predicted molar refractivity (Wildman–Crippen MR) is 78.1 cm³/mol. The van der Waals surface area contributed by atoms with Crippen LogP contribution in [-0.2, 0) is 0 Å². The highest BCUT2D eigenvalue weighted by Gasteiger charge is 2.27. The molecule has 0 unspecified atom stereocenters. The lowest BCUT2D eigenvalue weighted by atomic mass is 10.1. The number of hydrogen-bond acceptors (Lipinski definition) is 7. The first kappa shape index (κ1) is 14.2. The number of nitrogens with zero attached hydrogens (tertiary/aromatic N) is 7. The Balaban J connectivity index is 1.75. The van der Waals surface area contributed by atoms with E-state index in [0.717, 1.165) is 38.4 Å². The molecular formula is C13H21N7O. The van der Waals surface area contributed by atoms with Crippen molar-refractivity contribution < 1.29 is 5.11 Å². The van der Waals surface area contributed by atoms with Crippen LogP contribution in [0.2, 0.25) is 0 Å². The van der Waals surface area contributed by atoms with E-state index in [4.69, 9.17) is 0 Å². The molecule has 1 fully saturated rings. The fraction of sp³-hybridized carbons (Fsp3) is 0.692. The third-order valence-electron chi connectivity index (χ3n) is 3.95. The number of aromatic nitrogens is 5. The minimum Gasteiger partial charge on any atom is -0.392 e. The summed E-state index contributed by atoms with van der Waals surface area (Å²) >= 11 is 0. The minimum atomic E-state index is -0.290. The van der Waals surface area contributed by atoms with Gasteiger partial charge in [-0.05, 0) is 35.9 Å². The van der Waals surface area contributed by atoms with Crippen molar-refractivity contribution in [1.82, 2.24) is 30.2 Å². The van der Waals surface area contributed by atoms with Crippen molar-refractivity contribution in [2.45, 2.75) is 32.4 Å². The second kappa shape index (κ2) is 5.90. The summed E-state index contributed by atoms with van der Waals surface area (Å²) < 4.78 is 1.46. The Morgan fingerprint density at radius 3 is 3.00 bits per heavy atom. The predicted octanol–water partition coefficient (Wildman–Crippen LogP) is -0.199. The van der Waals surface area contributed by atoms with Gasteiger partial charge in [-0.2, -0.15) is 0 Å². The highest BCUT2D eigenvalue weighted by atomic mass is 16.3. The fourth-order valence-corrected chi connectivity index (χ4v) is 2.88. The number of hydrogen-bond donors (Lipinski definition) is 1. The van der Waals surface area contributed by atoms with Gasteiger partial charge in [-0.3, -0.25) is 4.90 Å². The number of aliphatic hydroxyl groups excluding tert-OH is 1. The fourth-order valence-electron chi connectivity index (χ4n) is 2.88. The third-order valence-corrected chi connectivity index (χ3v) is 3.95. The van der Waals surface area contributed by atoms with E-state index in [2.05, 4.69) is 37.3 Å². The van der Waals surface area contributed by atoms with Gasteiger partial charge in [0.1, 0.15) is 0 Å². The number of aliphatic hydroxyl groups is 1. The molecule has 1 aliphatic heterocycles. The number of tetrazole rings is 1. The SMILES string of the molecule is CC[C@@H]1CN(c2ccc3nnnn3n2)CCN1C[C@@H](C)O. The van der Waals surface area contributed by atoms with Gasteiger partial charge in [-0.15, -0.1) is 14.8 Å². The van der Waals surface area contributed by atoms with Gasteiger partial charge < -0.3 is 10.0 Å². The second-order valence-corrected chi connectivity index (χ2v) is 5.57. The molecule has 8 nitrogen and oxygen atoms in total. The molecule has 2 aromatic heterocycles. The van der Waals surface area contributed by atoms with E-state index in [0.29, 0.717) is 11.7 Å². The van der Waals surface area contributed by atoms with Crippen LogP contribution in [0.4, 0.5) is 5.82 Å². The standard InChI is InChI=1S/C13H21N7O/c1-3-11-9-19(7-6-18(11)8-10(2)21)13-5-4-12-14-16-17-20(12)15-13/h4-5,10-11,21H,3,6-9H2,1-2H3/t10-,11-/m1/s1. The summed E-state index contributed by atoms with van der Waals surface area (Å²) in [5.74, 6) is 0.893. The molecule has 0 aromatic carbocycles. The van der Waals surface area contributed by atoms with Crippen molar-refractivity contribution in [1.29, 1.82) is 0 Å². The number of β-amino-alcohol motifs (C(OH)–C–C–N with tert-alkyl or cyclic N) is 1. The molecule has 3 heterocycles. The highest BCUT2D eigenvalue weighted by Crippen LogP contribution is 2.19. The van der Waals surface area contributed by atoms with E-state index in [9.17, 15) is 5.11 Å².